The fraction of sp³-hybridized carbons (Fsp3) is 0.583. The number of carboxylic acids is 1. The molecule has 1 unspecified atom stereocenters. The van der Waals surface area contributed by atoms with E-state index in [1.165, 1.54) is 0 Å². The van der Waals surface area contributed by atoms with Crippen molar-refractivity contribution in [2.75, 3.05) is 25.0 Å². The van der Waals surface area contributed by atoms with Crippen molar-refractivity contribution in [2.45, 2.75) is 25.8 Å². The highest BCUT2D eigenvalue weighted by molar-refractivity contribution is 5.93. The predicted molar refractivity (Wildman–Crippen MR) is 72.3 cm³/mol. The predicted octanol–water partition coefficient (Wildman–Crippen LogP) is -0.547. The molecule has 5 N–H and O–H groups in total. The van der Waals surface area contributed by atoms with Gasteiger partial charge in [0.1, 0.15) is 5.54 Å². The van der Waals surface area contributed by atoms with Crippen LogP contribution in [0.5, 0.6) is 0 Å². The first-order valence-electron chi connectivity index (χ1n) is 6.38. The molecule has 1 aliphatic heterocycles. The molecule has 20 heavy (non-hydrogen) atoms. The zero-order valence-corrected chi connectivity index (χ0v) is 11.6. The highest BCUT2D eigenvalue weighted by atomic mass is 16.4. The molecule has 0 aliphatic carbocycles. The van der Waals surface area contributed by atoms with E-state index in [2.05, 4.69) is 15.5 Å². The Bertz CT molecular complexity index is 522. The second-order valence-corrected chi connectivity index (χ2v) is 5.28. The molecule has 1 aliphatic rings. The molecule has 8 heteroatoms. The summed E-state index contributed by atoms with van der Waals surface area (Å²) in [5.74, 6) is -1.23. The molecule has 0 aromatic carbocycles. The number of carboxylic acid groups (broad SMARTS) is 1. The quantitative estimate of drug-likeness (QED) is 0.587. The summed E-state index contributed by atoms with van der Waals surface area (Å²) in [4.78, 5) is 24.7. The number of hydrogen-bond donors (Lipinski definition) is 4. The number of carbonyl (C=O) groups is 2. The average Bonchev–Trinajstić information content (AvgIpc) is 2.88. The monoisotopic (exact) mass is 281 g/mol. The van der Waals surface area contributed by atoms with Crippen molar-refractivity contribution in [3.63, 3.8) is 0 Å². The number of anilines is 1. The van der Waals surface area contributed by atoms with Crippen LogP contribution < -0.4 is 11.1 Å². The molecule has 0 saturated carbocycles. The van der Waals surface area contributed by atoms with Gasteiger partial charge in [0.25, 0.3) is 0 Å². The van der Waals surface area contributed by atoms with Gasteiger partial charge < -0.3 is 16.2 Å². The number of likely N-dealkylation sites (tertiary alicyclic amines) is 1. The molecule has 110 valence electrons. The molecule has 1 saturated heterocycles. The minimum absolute atomic E-state index is 0.121. The van der Waals surface area contributed by atoms with E-state index in [9.17, 15) is 9.59 Å². The van der Waals surface area contributed by atoms with Gasteiger partial charge in [-0.2, -0.15) is 5.10 Å². The first-order valence-corrected chi connectivity index (χ1v) is 6.38. The molecule has 0 bridgehead atoms. The Morgan fingerprint density at radius 3 is 2.75 bits per heavy atom. The Labute approximate surface area is 116 Å². The number of rotatable bonds is 4. The van der Waals surface area contributed by atoms with Crippen LogP contribution in [0.1, 0.15) is 17.8 Å². The fourth-order valence-corrected chi connectivity index (χ4v) is 2.34. The second-order valence-electron chi connectivity index (χ2n) is 5.28. The smallest absolute Gasteiger partial charge is 0.325 e. The van der Waals surface area contributed by atoms with Gasteiger partial charge in [-0.3, -0.25) is 19.6 Å². The summed E-state index contributed by atoms with van der Waals surface area (Å²) in [7, 11) is 0. The SMILES string of the molecule is Cc1n[nH]c(C)c1NC(=O)CN1CCC(N)(C(=O)O)C1. The van der Waals surface area contributed by atoms with Gasteiger partial charge in [-0.1, -0.05) is 0 Å². The lowest BCUT2D eigenvalue weighted by Gasteiger charge is -2.19. The lowest BCUT2D eigenvalue weighted by molar-refractivity contribution is -0.143. The summed E-state index contributed by atoms with van der Waals surface area (Å²) in [6, 6.07) is 0. The molecular weight excluding hydrogens is 262 g/mol. The number of nitrogens with one attached hydrogen (secondary N) is 2. The van der Waals surface area contributed by atoms with E-state index in [4.69, 9.17) is 10.8 Å². The van der Waals surface area contributed by atoms with Crippen molar-refractivity contribution in [3.8, 4) is 0 Å². The number of hydrogen-bond acceptors (Lipinski definition) is 5. The Kier molecular flexibility index (Phi) is 3.78. The van der Waals surface area contributed by atoms with E-state index in [-0.39, 0.29) is 19.0 Å². The van der Waals surface area contributed by atoms with Crippen LogP contribution in [-0.2, 0) is 9.59 Å². The van der Waals surface area contributed by atoms with E-state index in [1.54, 1.807) is 11.8 Å². The maximum atomic E-state index is 12.0. The van der Waals surface area contributed by atoms with Gasteiger partial charge in [0.2, 0.25) is 5.91 Å². The molecular formula is C12H19N5O3. The number of nitrogens with two attached hydrogens (primary N) is 1. The molecule has 2 rings (SSSR count). The average molecular weight is 281 g/mol. The van der Waals surface area contributed by atoms with Crippen molar-refractivity contribution in [2.24, 2.45) is 5.73 Å². The van der Waals surface area contributed by atoms with Crippen LogP contribution in [0, 0.1) is 13.8 Å². The number of aliphatic carboxylic acids is 1. The summed E-state index contributed by atoms with van der Waals surface area (Å²) < 4.78 is 0. The highest BCUT2D eigenvalue weighted by Crippen LogP contribution is 2.20. The van der Waals surface area contributed by atoms with Crippen LogP contribution in [0.15, 0.2) is 0 Å². The van der Waals surface area contributed by atoms with Gasteiger partial charge in [0.15, 0.2) is 0 Å². The number of carbonyl (C=O) groups excluding carboxylic acids is 1. The zero-order chi connectivity index (χ0) is 14.9. The van der Waals surface area contributed by atoms with Crippen molar-refractivity contribution in [1.29, 1.82) is 0 Å². The maximum absolute atomic E-state index is 12.0. The van der Waals surface area contributed by atoms with Crippen LogP contribution in [0.4, 0.5) is 5.69 Å². The normalized spacial score (nSPS) is 22.9. The lowest BCUT2D eigenvalue weighted by Crippen LogP contribution is -2.50. The lowest BCUT2D eigenvalue weighted by atomic mass is 10.0. The molecule has 0 spiro atoms. The third kappa shape index (κ3) is 2.81. The van der Waals surface area contributed by atoms with Crippen LogP contribution >= 0.6 is 0 Å². The Balaban J connectivity index is 1.92. The summed E-state index contributed by atoms with van der Waals surface area (Å²) in [5.41, 5.74) is 6.70. The number of aromatic nitrogens is 2. The summed E-state index contributed by atoms with van der Waals surface area (Å²) >= 11 is 0. The van der Waals surface area contributed by atoms with E-state index in [0.717, 1.165) is 11.4 Å². The minimum Gasteiger partial charge on any atom is -0.480 e. The second kappa shape index (κ2) is 5.22. The molecule has 2 heterocycles. The molecule has 0 radical (unpaired) electrons. The largest absolute Gasteiger partial charge is 0.480 e. The van der Waals surface area contributed by atoms with Crippen LogP contribution in [0.2, 0.25) is 0 Å². The number of H-pyrrole nitrogens is 1. The highest BCUT2D eigenvalue weighted by Gasteiger charge is 2.41. The number of aryl methyl sites for hydroxylation is 2. The number of aromatic amines is 1. The fourth-order valence-electron chi connectivity index (χ4n) is 2.34. The molecule has 8 nitrogen and oxygen atoms in total. The van der Waals surface area contributed by atoms with Gasteiger partial charge in [-0.25, -0.2) is 0 Å². The molecule has 1 atom stereocenters. The molecule has 1 aromatic heterocycles. The van der Waals surface area contributed by atoms with Crippen molar-refractivity contribution < 1.29 is 14.7 Å². The Morgan fingerprint density at radius 2 is 2.25 bits per heavy atom. The van der Waals surface area contributed by atoms with Gasteiger partial charge in [0, 0.05) is 13.1 Å². The Hall–Kier alpha value is -1.93. The number of amides is 1. The first-order chi connectivity index (χ1) is 9.32. The van der Waals surface area contributed by atoms with Crippen molar-refractivity contribution >= 4 is 17.6 Å². The van der Waals surface area contributed by atoms with E-state index in [1.807, 2.05) is 6.92 Å². The van der Waals surface area contributed by atoms with Crippen LogP contribution in [0.3, 0.4) is 0 Å². The summed E-state index contributed by atoms with van der Waals surface area (Å²) in [6.45, 7) is 4.42. The van der Waals surface area contributed by atoms with Crippen molar-refractivity contribution in [1.82, 2.24) is 15.1 Å². The third-order valence-electron chi connectivity index (χ3n) is 3.57. The molecule has 1 aromatic rings. The van der Waals surface area contributed by atoms with Gasteiger partial charge in [-0.15, -0.1) is 0 Å². The van der Waals surface area contributed by atoms with E-state index in [0.29, 0.717) is 18.7 Å². The summed E-state index contributed by atoms with van der Waals surface area (Å²) in [5, 5.41) is 18.6. The summed E-state index contributed by atoms with van der Waals surface area (Å²) in [6.07, 6.45) is 0.347. The van der Waals surface area contributed by atoms with Gasteiger partial charge >= 0.3 is 5.97 Å². The van der Waals surface area contributed by atoms with Crippen LogP contribution in [-0.4, -0.2) is 57.3 Å². The topological polar surface area (TPSA) is 124 Å². The Morgan fingerprint density at radius 1 is 1.55 bits per heavy atom. The zero-order valence-electron chi connectivity index (χ0n) is 11.6. The third-order valence-corrected chi connectivity index (χ3v) is 3.57. The molecule has 1 amide bonds. The minimum atomic E-state index is -1.25. The first kappa shape index (κ1) is 14.5. The maximum Gasteiger partial charge on any atom is 0.325 e. The molecule has 1 fully saturated rings. The standard InChI is InChI=1S/C12H19N5O3/c1-7-10(8(2)16-15-7)14-9(18)5-17-4-3-12(13,6-17)11(19)20/h3-6,13H2,1-2H3,(H,14,18)(H,15,16)(H,19,20). The van der Waals surface area contributed by atoms with Crippen molar-refractivity contribution in [3.05, 3.63) is 11.4 Å². The van der Waals surface area contributed by atoms with E-state index < -0.39 is 11.5 Å². The van der Waals surface area contributed by atoms with E-state index >= 15 is 0 Å². The van der Waals surface area contributed by atoms with Gasteiger partial charge in [0.05, 0.1) is 23.6 Å². The van der Waals surface area contributed by atoms with Gasteiger partial charge in [-0.05, 0) is 20.3 Å². The van der Waals surface area contributed by atoms with Crippen LogP contribution in [0.25, 0.3) is 0 Å². The number of nitrogens with zero attached hydrogens (tertiary/aromatic N) is 2.